The van der Waals surface area contributed by atoms with Crippen LogP contribution in [0.25, 0.3) is 0 Å². The third kappa shape index (κ3) is 1.19. The fourth-order valence-corrected chi connectivity index (χ4v) is 3.24. The number of rotatable bonds is 0. The molecule has 78 valence electrons. The van der Waals surface area contributed by atoms with Gasteiger partial charge in [0.2, 0.25) is 0 Å². The van der Waals surface area contributed by atoms with E-state index in [0.29, 0.717) is 11.7 Å². The van der Waals surface area contributed by atoms with E-state index in [1.165, 1.54) is 36.8 Å². The predicted octanol–water partition coefficient (Wildman–Crippen LogP) is 3.33. The maximum Gasteiger partial charge on any atom is 0.166 e. The van der Waals surface area contributed by atoms with Crippen LogP contribution in [0.2, 0.25) is 0 Å². The van der Waals surface area contributed by atoms with E-state index in [-0.39, 0.29) is 5.92 Å². The molecule has 1 aromatic rings. The number of hydrogen-bond donors (Lipinski definition) is 0. The van der Waals surface area contributed by atoms with Crippen molar-refractivity contribution in [3.05, 3.63) is 34.9 Å². The lowest BCUT2D eigenvalue weighted by molar-refractivity contribution is 0.0932. The van der Waals surface area contributed by atoms with Crippen molar-refractivity contribution in [3.63, 3.8) is 0 Å². The topological polar surface area (TPSA) is 17.1 Å². The van der Waals surface area contributed by atoms with Gasteiger partial charge >= 0.3 is 0 Å². The first-order chi connectivity index (χ1) is 7.29. The first kappa shape index (κ1) is 9.14. The molecule has 2 unspecified atom stereocenters. The van der Waals surface area contributed by atoms with Crippen molar-refractivity contribution < 1.29 is 4.79 Å². The number of carbonyl (C=O) groups is 1. The zero-order chi connectivity index (χ0) is 10.4. The van der Waals surface area contributed by atoms with Crippen LogP contribution in [0.5, 0.6) is 0 Å². The number of benzene rings is 1. The molecule has 0 bridgehead atoms. The highest BCUT2D eigenvalue weighted by atomic mass is 16.1. The minimum atomic E-state index is 0.222. The Morgan fingerprint density at radius 2 is 2.13 bits per heavy atom. The molecule has 0 radical (unpaired) electrons. The van der Waals surface area contributed by atoms with Gasteiger partial charge in [-0.2, -0.15) is 0 Å². The molecular weight excluding hydrogens is 184 g/mol. The van der Waals surface area contributed by atoms with E-state index < -0.39 is 0 Å². The highest BCUT2D eigenvalue weighted by Crippen LogP contribution is 2.44. The minimum absolute atomic E-state index is 0.222. The molecule has 0 spiro atoms. The summed E-state index contributed by atoms with van der Waals surface area (Å²) < 4.78 is 0. The number of aryl methyl sites for hydroxylation is 1. The summed E-state index contributed by atoms with van der Waals surface area (Å²) in [6.45, 7) is 2.10. The third-order valence-electron chi connectivity index (χ3n) is 4.06. The Labute approximate surface area is 90.5 Å². The van der Waals surface area contributed by atoms with Crippen molar-refractivity contribution in [1.29, 1.82) is 0 Å². The van der Waals surface area contributed by atoms with Crippen LogP contribution in [-0.4, -0.2) is 5.78 Å². The summed E-state index contributed by atoms with van der Waals surface area (Å²) >= 11 is 0. The summed E-state index contributed by atoms with van der Waals surface area (Å²) in [7, 11) is 0. The maximum absolute atomic E-state index is 12.1. The molecule has 3 rings (SSSR count). The van der Waals surface area contributed by atoms with Crippen LogP contribution in [-0.2, 0) is 6.42 Å². The maximum atomic E-state index is 12.1. The van der Waals surface area contributed by atoms with E-state index in [2.05, 4.69) is 13.0 Å². The Kier molecular flexibility index (Phi) is 1.95. The van der Waals surface area contributed by atoms with Gasteiger partial charge in [-0.1, -0.05) is 31.5 Å². The van der Waals surface area contributed by atoms with Crippen LogP contribution in [0.15, 0.2) is 18.2 Å². The number of hydrogen-bond acceptors (Lipinski definition) is 1. The van der Waals surface area contributed by atoms with E-state index in [1.54, 1.807) is 0 Å². The molecule has 2 aliphatic carbocycles. The predicted molar refractivity (Wildman–Crippen MR) is 60.2 cm³/mol. The fraction of sp³-hybridized carbons (Fsp3) is 0.500. The Morgan fingerprint density at radius 1 is 1.27 bits per heavy atom. The summed E-state index contributed by atoms with van der Waals surface area (Å²) in [5.41, 5.74) is 3.85. The van der Waals surface area contributed by atoms with Gasteiger partial charge < -0.3 is 0 Å². The highest BCUT2D eigenvalue weighted by molar-refractivity contribution is 6.03. The van der Waals surface area contributed by atoms with Gasteiger partial charge in [0.15, 0.2) is 5.78 Å². The lowest BCUT2D eigenvalue weighted by Gasteiger charge is -2.14. The molecule has 1 aromatic carbocycles. The minimum Gasteiger partial charge on any atom is -0.294 e. The number of carbonyl (C=O) groups excluding carboxylic acids is 1. The van der Waals surface area contributed by atoms with Crippen LogP contribution in [0.4, 0.5) is 0 Å². The summed E-state index contributed by atoms with van der Waals surface area (Å²) in [4.78, 5) is 12.1. The van der Waals surface area contributed by atoms with Crippen molar-refractivity contribution >= 4 is 5.78 Å². The second-order valence-electron chi connectivity index (χ2n) is 4.88. The van der Waals surface area contributed by atoms with Crippen LogP contribution in [0.3, 0.4) is 0 Å². The molecule has 15 heavy (non-hydrogen) atoms. The zero-order valence-corrected chi connectivity index (χ0v) is 9.12. The zero-order valence-electron chi connectivity index (χ0n) is 9.12. The Hall–Kier alpha value is -1.11. The third-order valence-corrected chi connectivity index (χ3v) is 4.06. The van der Waals surface area contributed by atoms with Crippen LogP contribution >= 0.6 is 0 Å². The average molecular weight is 200 g/mol. The Balaban J connectivity index is 2.23. The van der Waals surface area contributed by atoms with Gasteiger partial charge in [-0.25, -0.2) is 0 Å². The van der Waals surface area contributed by atoms with Gasteiger partial charge in [-0.05, 0) is 36.3 Å². The average Bonchev–Trinajstić information content (AvgIpc) is 2.45. The standard InChI is InChI=1S/C14H16O/c1-9-11-7-3-2-5-10-6-4-8-12(13(10)11)14(9)15/h4,6,8-9,11H,2-3,5,7H2,1H3. The van der Waals surface area contributed by atoms with Crippen LogP contribution in [0.1, 0.15) is 53.6 Å². The number of Topliss-reactive ketones (excluding diaryl/α,β-unsaturated/α-hetero) is 1. The molecule has 1 heteroatoms. The van der Waals surface area contributed by atoms with Gasteiger partial charge in [-0.15, -0.1) is 0 Å². The largest absolute Gasteiger partial charge is 0.294 e. The summed E-state index contributed by atoms with van der Waals surface area (Å²) in [5.74, 6) is 1.11. The lowest BCUT2D eigenvalue weighted by atomic mass is 9.89. The van der Waals surface area contributed by atoms with E-state index in [4.69, 9.17) is 0 Å². The first-order valence-electron chi connectivity index (χ1n) is 5.95. The molecule has 0 saturated carbocycles. The van der Waals surface area contributed by atoms with E-state index >= 15 is 0 Å². The highest BCUT2D eigenvalue weighted by Gasteiger charge is 2.38. The molecule has 0 N–H and O–H groups in total. The molecule has 0 heterocycles. The van der Waals surface area contributed by atoms with Gasteiger partial charge in [0.25, 0.3) is 0 Å². The van der Waals surface area contributed by atoms with E-state index in [0.717, 1.165) is 5.56 Å². The van der Waals surface area contributed by atoms with Gasteiger partial charge in [0.1, 0.15) is 0 Å². The van der Waals surface area contributed by atoms with Gasteiger partial charge in [-0.3, -0.25) is 4.79 Å². The monoisotopic (exact) mass is 200 g/mol. The summed E-state index contributed by atoms with van der Waals surface area (Å²) in [6, 6.07) is 6.28. The van der Waals surface area contributed by atoms with Gasteiger partial charge in [0, 0.05) is 11.5 Å². The molecule has 0 amide bonds. The summed E-state index contributed by atoms with van der Waals surface area (Å²) in [5, 5.41) is 0. The van der Waals surface area contributed by atoms with Crippen molar-refractivity contribution in [3.8, 4) is 0 Å². The van der Waals surface area contributed by atoms with Gasteiger partial charge in [0.05, 0.1) is 0 Å². The van der Waals surface area contributed by atoms with E-state index in [1.807, 2.05) is 12.1 Å². The van der Waals surface area contributed by atoms with Crippen molar-refractivity contribution in [2.24, 2.45) is 5.92 Å². The second-order valence-corrected chi connectivity index (χ2v) is 4.88. The molecule has 0 fully saturated rings. The molecule has 0 aliphatic heterocycles. The van der Waals surface area contributed by atoms with Crippen molar-refractivity contribution in [2.75, 3.05) is 0 Å². The molecule has 2 aliphatic rings. The lowest BCUT2D eigenvalue weighted by Crippen LogP contribution is -2.08. The van der Waals surface area contributed by atoms with Crippen LogP contribution < -0.4 is 0 Å². The second kappa shape index (κ2) is 3.19. The molecule has 1 nitrogen and oxygen atoms in total. The Morgan fingerprint density at radius 3 is 3.00 bits per heavy atom. The molecule has 0 aromatic heterocycles. The van der Waals surface area contributed by atoms with Crippen molar-refractivity contribution in [1.82, 2.24) is 0 Å². The smallest absolute Gasteiger partial charge is 0.166 e. The quantitative estimate of drug-likeness (QED) is 0.627. The van der Waals surface area contributed by atoms with E-state index in [9.17, 15) is 4.79 Å². The molecule has 0 saturated heterocycles. The molecular formula is C14H16O. The van der Waals surface area contributed by atoms with Crippen LogP contribution in [0, 0.1) is 5.92 Å². The fourth-order valence-electron chi connectivity index (χ4n) is 3.24. The summed E-state index contributed by atoms with van der Waals surface area (Å²) in [6.07, 6.45) is 4.93. The Bertz CT molecular complexity index is 419. The molecule has 2 atom stereocenters. The number of ketones is 1. The first-order valence-corrected chi connectivity index (χ1v) is 5.95. The SMILES string of the molecule is CC1C(=O)c2cccc3c2C1CCCC3. The van der Waals surface area contributed by atoms with Crippen molar-refractivity contribution in [2.45, 2.75) is 38.5 Å². The normalized spacial score (nSPS) is 28.7.